The van der Waals surface area contributed by atoms with Crippen molar-refractivity contribution >= 4 is 5.69 Å². The van der Waals surface area contributed by atoms with Crippen molar-refractivity contribution in [1.82, 2.24) is 9.78 Å². The van der Waals surface area contributed by atoms with Crippen molar-refractivity contribution in [2.24, 2.45) is 5.92 Å². The quantitative estimate of drug-likeness (QED) is 0.870. The SMILES string of the molecule is CCNc1cnn(CC2CCCCC2)c(=O)c1. The molecule has 0 aromatic carbocycles. The Bertz CT molecular complexity index is 407. The Kier molecular flexibility index (Phi) is 4.18. The van der Waals surface area contributed by atoms with Gasteiger partial charge in [0, 0.05) is 19.2 Å². The summed E-state index contributed by atoms with van der Waals surface area (Å²) in [5.41, 5.74) is 0.825. The molecule has 0 atom stereocenters. The van der Waals surface area contributed by atoms with Crippen LogP contribution in [0.5, 0.6) is 0 Å². The maximum atomic E-state index is 11.8. The predicted molar refractivity (Wildman–Crippen MR) is 69.2 cm³/mol. The topological polar surface area (TPSA) is 46.9 Å². The number of aromatic nitrogens is 2. The van der Waals surface area contributed by atoms with Crippen molar-refractivity contribution in [2.45, 2.75) is 45.6 Å². The van der Waals surface area contributed by atoms with Crippen LogP contribution in [0, 0.1) is 5.92 Å². The summed E-state index contributed by atoms with van der Waals surface area (Å²) < 4.78 is 1.61. The summed E-state index contributed by atoms with van der Waals surface area (Å²) in [7, 11) is 0. The van der Waals surface area contributed by atoms with E-state index < -0.39 is 0 Å². The molecule has 0 radical (unpaired) electrons. The van der Waals surface area contributed by atoms with Crippen LogP contribution in [-0.4, -0.2) is 16.3 Å². The van der Waals surface area contributed by atoms with Gasteiger partial charge in [0.15, 0.2) is 0 Å². The molecule has 1 fully saturated rings. The van der Waals surface area contributed by atoms with Gasteiger partial charge in [-0.2, -0.15) is 5.10 Å². The largest absolute Gasteiger partial charge is 0.384 e. The molecule has 2 rings (SSSR count). The summed E-state index contributed by atoms with van der Waals surface area (Å²) in [5, 5.41) is 7.34. The van der Waals surface area contributed by atoms with Gasteiger partial charge in [0.1, 0.15) is 0 Å². The van der Waals surface area contributed by atoms with Gasteiger partial charge in [0.2, 0.25) is 0 Å². The Hall–Kier alpha value is -1.32. The third-order valence-electron chi connectivity index (χ3n) is 3.41. The van der Waals surface area contributed by atoms with Gasteiger partial charge in [-0.15, -0.1) is 0 Å². The zero-order valence-corrected chi connectivity index (χ0v) is 10.5. The Labute approximate surface area is 102 Å². The van der Waals surface area contributed by atoms with E-state index in [1.54, 1.807) is 16.9 Å². The van der Waals surface area contributed by atoms with Crippen LogP contribution in [0.3, 0.4) is 0 Å². The molecule has 1 aromatic rings. The van der Waals surface area contributed by atoms with Crippen LogP contribution in [0.1, 0.15) is 39.0 Å². The van der Waals surface area contributed by atoms with Crippen molar-refractivity contribution in [3.8, 4) is 0 Å². The summed E-state index contributed by atoms with van der Waals surface area (Å²) in [6.45, 7) is 3.60. The molecule has 4 nitrogen and oxygen atoms in total. The lowest BCUT2D eigenvalue weighted by Gasteiger charge is -2.21. The average Bonchev–Trinajstić information content (AvgIpc) is 2.34. The third kappa shape index (κ3) is 3.32. The van der Waals surface area contributed by atoms with Crippen LogP contribution in [0.15, 0.2) is 17.1 Å². The molecule has 0 aliphatic heterocycles. The summed E-state index contributed by atoms with van der Waals surface area (Å²) in [6.07, 6.45) is 8.17. The molecule has 0 bridgehead atoms. The molecule has 0 unspecified atom stereocenters. The lowest BCUT2D eigenvalue weighted by molar-refractivity contribution is 0.302. The van der Waals surface area contributed by atoms with Crippen LogP contribution in [0.4, 0.5) is 5.69 Å². The van der Waals surface area contributed by atoms with E-state index in [0.717, 1.165) is 18.8 Å². The first-order valence-electron chi connectivity index (χ1n) is 6.60. The molecule has 1 saturated carbocycles. The molecule has 1 aromatic heterocycles. The van der Waals surface area contributed by atoms with Gasteiger partial charge >= 0.3 is 0 Å². The monoisotopic (exact) mass is 235 g/mol. The number of anilines is 1. The van der Waals surface area contributed by atoms with Crippen LogP contribution < -0.4 is 10.9 Å². The highest BCUT2D eigenvalue weighted by molar-refractivity contribution is 5.38. The Morgan fingerprint density at radius 3 is 2.82 bits per heavy atom. The van der Waals surface area contributed by atoms with E-state index in [-0.39, 0.29) is 5.56 Å². The molecule has 1 aliphatic carbocycles. The number of hydrogen-bond acceptors (Lipinski definition) is 3. The van der Waals surface area contributed by atoms with Crippen LogP contribution in [-0.2, 0) is 6.54 Å². The number of rotatable bonds is 4. The highest BCUT2D eigenvalue weighted by Gasteiger charge is 2.14. The highest BCUT2D eigenvalue weighted by Crippen LogP contribution is 2.24. The minimum atomic E-state index is 0.00836. The van der Waals surface area contributed by atoms with Crippen LogP contribution in [0.25, 0.3) is 0 Å². The molecule has 1 aliphatic rings. The van der Waals surface area contributed by atoms with Crippen molar-refractivity contribution in [2.75, 3.05) is 11.9 Å². The van der Waals surface area contributed by atoms with Crippen molar-refractivity contribution in [1.29, 1.82) is 0 Å². The van der Waals surface area contributed by atoms with E-state index in [0.29, 0.717) is 5.92 Å². The van der Waals surface area contributed by atoms with E-state index >= 15 is 0 Å². The summed E-state index contributed by atoms with van der Waals surface area (Å²) in [4.78, 5) is 11.8. The van der Waals surface area contributed by atoms with E-state index in [4.69, 9.17) is 0 Å². The number of hydrogen-bond donors (Lipinski definition) is 1. The lowest BCUT2D eigenvalue weighted by atomic mass is 9.89. The second-order valence-electron chi connectivity index (χ2n) is 4.80. The van der Waals surface area contributed by atoms with Crippen LogP contribution in [0.2, 0.25) is 0 Å². The Morgan fingerprint density at radius 1 is 1.41 bits per heavy atom. The minimum Gasteiger partial charge on any atom is -0.384 e. The molecule has 1 N–H and O–H groups in total. The van der Waals surface area contributed by atoms with Crippen LogP contribution >= 0.6 is 0 Å². The first-order chi connectivity index (χ1) is 8.29. The fourth-order valence-electron chi connectivity index (χ4n) is 2.49. The maximum Gasteiger partial charge on any atom is 0.268 e. The standard InChI is InChI=1S/C13H21N3O/c1-2-14-12-8-13(17)16(15-9-12)10-11-6-4-3-5-7-11/h8-9,11,14H,2-7,10H2,1H3. The van der Waals surface area contributed by atoms with Gasteiger partial charge in [0.25, 0.3) is 5.56 Å². The predicted octanol–water partition coefficient (Wildman–Crippen LogP) is 2.26. The van der Waals surface area contributed by atoms with E-state index in [1.165, 1.54) is 32.1 Å². The zero-order chi connectivity index (χ0) is 12.1. The molecular weight excluding hydrogens is 214 g/mol. The summed E-state index contributed by atoms with van der Waals surface area (Å²) in [6, 6.07) is 1.64. The maximum absolute atomic E-state index is 11.8. The first-order valence-corrected chi connectivity index (χ1v) is 6.60. The average molecular weight is 235 g/mol. The fraction of sp³-hybridized carbons (Fsp3) is 0.692. The van der Waals surface area contributed by atoms with Gasteiger partial charge in [0.05, 0.1) is 11.9 Å². The van der Waals surface area contributed by atoms with E-state index in [9.17, 15) is 4.79 Å². The van der Waals surface area contributed by atoms with E-state index in [1.807, 2.05) is 6.92 Å². The second-order valence-corrected chi connectivity index (χ2v) is 4.80. The smallest absolute Gasteiger partial charge is 0.268 e. The van der Waals surface area contributed by atoms with Gasteiger partial charge in [-0.3, -0.25) is 4.79 Å². The molecule has 0 amide bonds. The summed E-state index contributed by atoms with van der Waals surface area (Å²) in [5.74, 6) is 0.638. The third-order valence-corrected chi connectivity index (χ3v) is 3.41. The normalized spacial score (nSPS) is 17.0. The molecule has 1 heterocycles. The molecule has 0 saturated heterocycles. The molecule has 17 heavy (non-hydrogen) atoms. The van der Waals surface area contributed by atoms with Crippen molar-refractivity contribution < 1.29 is 0 Å². The van der Waals surface area contributed by atoms with Gasteiger partial charge in [-0.25, -0.2) is 4.68 Å². The van der Waals surface area contributed by atoms with Crippen molar-refractivity contribution in [3.05, 3.63) is 22.6 Å². The van der Waals surface area contributed by atoms with Gasteiger partial charge in [-0.1, -0.05) is 19.3 Å². The Morgan fingerprint density at radius 2 is 2.18 bits per heavy atom. The molecule has 0 spiro atoms. The second kappa shape index (κ2) is 5.84. The van der Waals surface area contributed by atoms with E-state index in [2.05, 4.69) is 10.4 Å². The zero-order valence-electron chi connectivity index (χ0n) is 10.5. The summed E-state index contributed by atoms with van der Waals surface area (Å²) >= 11 is 0. The number of nitrogens with zero attached hydrogens (tertiary/aromatic N) is 2. The van der Waals surface area contributed by atoms with Gasteiger partial charge < -0.3 is 5.32 Å². The minimum absolute atomic E-state index is 0.00836. The van der Waals surface area contributed by atoms with Gasteiger partial charge in [-0.05, 0) is 25.7 Å². The first kappa shape index (κ1) is 12.1. The fourth-order valence-corrected chi connectivity index (χ4v) is 2.49. The lowest BCUT2D eigenvalue weighted by Crippen LogP contribution is -2.27. The molecule has 4 heteroatoms. The highest BCUT2D eigenvalue weighted by atomic mass is 16.1. The molecular formula is C13H21N3O. The van der Waals surface area contributed by atoms with Crippen molar-refractivity contribution in [3.63, 3.8) is 0 Å². The Balaban J connectivity index is 2.03. The number of nitrogens with one attached hydrogen (secondary N) is 1. The molecule has 94 valence electrons.